The molecule has 0 radical (unpaired) electrons. The lowest BCUT2D eigenvalue weighted by atomic mass is 9.98. The first-order valence-corrected chi connectivity index (χ1v) is 11.1. The normalized spacial score (nSPS) is 20.2. The van der Waals surface area contributed by atoms with Crippen LogP contribution in [0.5, 0.6) is 0 Å². The largest absolute Gasteiger partial charge is 0.481 e. The van der Waals surface area contributed by atoms with E-state index in [1.165, 1.54) is 11.1 Å². The summed E-state index contributed by atoms with van der Waals surface area (Å²) in [5, 5.41) is 14.7. The average Bonchev–Trinajstić information content (AvgIpc) is 3.35. The molecule has 7 heteroatoms. The van der Waals surface area contributed by atoms with Crippen LogP contribution in [0, 0.1) is 5.92 Å². The van der Waals surface area contributed by atoms with Crippen molar-refractivity contribution in [3.05, 3.63) is 59.7 Å². The van der Waals surface area contributed by atoms with Gasteiger partial charge in [0.1, 0.15) is 6.61 Å². The third-order valence-corrected chi connectivity index (χ3v) is 6.35. The van der Waals surface area contributed by atoms with Crippen LogP contribution in [0.2, 0.25) is 0 Å². The van der Waals surface area contributed by atoms with Crippen molar-refractivity contribution in [1.29, 1.82) is 0 Å². The fourth-order valence-corrected chi connectivity index (χ4v) is 4.79. The maximum atomic E-state index is 12.3. The average molecular weight is 437 g/mol. The second kappa shape index (κ2) is 9.42. The summed E-state index contributed by atoms with van der Waals surface area (Å²) in [5.74, 6) is -1.42. The number of carboxylic acids is 1. The second-order valence-electron chi connectivity index (χ2n) is 8.69. The Bertz CT molecular complexity index is 975. The molecule has 1 saturated carbocycles. The zero-order valence-corrected chi connectivity index (χ0v) is 18.0. The van der Waals surface area contributed by atoms with E-state index in [2.05, 4.69) is 34.9 Å². The van der Waals surface area contributed by atoms with Gasteiger partial charge in [0.2, 0.25) is 5.91 Å². The Labute approximate surface area is 187 Å². The number of rotatable bonds is 7. The molecule has 2 amide bonds. The fourth-order valence-electron chi connectivity index (χ4n) is 4.79. The molecule has 0 heterocycles. The van der Waals surface area contributed by atoms with Gasteiger partial charge in [0.15, 0.2) is 0 Å². The molecule has 0 spiro atoms. The van der Waals surface area contributed by atoms with Crippen molar-refractivity contribution >= 4 is 18.0 Å². The highest BCUT2D eigenvalue weighted by Crippen LogP contribution is 2.44. The summed E-state index contributed by atoms with van der Waals surface area (Å²) in [7, 11) is 0. The van der Waals surface area contributed by atoms with Crippen LogP contribution >= 0.6 is 0 Å². The van der Waals surface area contributed by atoms with Gasteiger partial charge in [-0.15, -0.1) is 0 Å². The highest BCUT2D eigenvalue weighted by atomic mass is 16.5. The predicted octanol–water partition coefficient (Wildman–Crippen LogP) is 3.67. The number of carbonyl (C=O) groups is 3. The zero-order valence-electron chi connectivity index (χ0n) is 18.0. The molecular weight excluding hydrogens is 408 g/mol. The molecule has 2 aromatic rings. The van der Waals surface area contributed by atoms with Crippen molar-refractivity contribution in [2.24, 2.45) is 5.92 Å². The van der Waals surface area contributed by atoms with Crippen molar-refractivity contribution in [2.45, 2.75) is 50.6 Å². The summed E-state index contributed by atoms with van der Waals surface area (Å²) in [6, 6.07) is 15.8. The first kappa shape index (κ1) is 21.9. The number of alkyl carbamates (subject to hydrolysis) is 1. The van der Waals surface area contributed by atoms with Crippen LogP contribution in [0.1, 0.15) is 49.7 Å². The lowest BCUT2D eigenvalue weighted by Gasteiger charge is -2.18. The predicted molar refractivity (Wildman–Crippen MR) is 119 cm³/mol. The standard InChI is InChI=1S/C25H28N2O5/c1-15(12-23(28)27-17-11-10-16(13-17)24(29)30)26-25(31)32-14-22-20-8-4-2-6-18(20)19-7-3-5-9-21(19)22/h2-9,15-17,22H,10-14H2,1H3,(H,26,31)(H,27,28)(H,29,30)/t15-,16-,17+/m1/s1. The number of carbonyl (C=O) groups excluding carboxylic acids is 2. The van der Waals surface area contributed by atoms with E-state index in [0.29, 0.717) is 19.3 Å². The number of hydrogen-bond acceptors (Lipinski definition) is 4. The Balaban J connectivity index is 1.26. The van der Waals surface area contributed by atoms with Crippen LogP contribution < -0.4 is 10.6 Å². The van der Waals surface area contributed by atoms with Crippen LogP contribution in [-0.2, 0) is 14.3 Å². The number of carboxylic acid groups (broad SMARTS) is 1. The minimum absolute atomic E-state index is 0.0173. The monoisotopic (exact) mass is 436 g/mol. The highest BCUT2D eigenvalue weighted by molar-refractivity contribution is 5.80. The minimum Gasteiger partial charge on any atom is -0.481 e. The van der Waals surface area contributed by atoms with Gasteiger partial charge >= 0.3 is 12.1 Å². The smallest absolute Gasteiger partial charge is 0.407 e. The maximum absolute atomic E-state index is 12.3. The molecule has 0 bridgehead atoms. The van der Waals surface area contributed by atoms with E-state index in [4.69, 9.17) is 9.84 Å². The molecule has 3 N–H and O–H groups in total. The van der Waals surface area contributed by atoms with E-state index < -0.39 is 24.0 Å². The SMILES string of the molecule is C[C@H](CC(=O)N[C@H]1CC[C@@H](C(=O)O)C1)NC(=O)OCC1c2ccccc2-c2ccccc21. The van der Waals surface area contributed by atoms with Crippen LogP contribution in [0.3, 0.4) is 0 Å². The zero-order chi connectivity index (χ0) is 22.7. The quantitative estimate of drug-likeness (QED) is 0.614. The molecule has 4 rings (SSSR count). The van der Waals surface area contributed by atoms with Crippen molar-refractivity contribution in [3.8, 4) is 11.1 Å². The van der Waals surface area contributed by atoms with Gasteiger partial charge in [0.05, 0.1) is 5.92 Å². The Morgan fingerprint density at radius 3 is 2.25 bits per heavy atom. The summed E-state index contributed by atoms with van der Waals surface area (Å²) in [4.78, 5) is 35.7. The number of nitrogens with one attached hydrogen (secondary N) is 2. The molecule has 2 aromatic carbocycles. The lowest BCUT2D eigenvalue weighted by molar-refractivity contribution is -0.141. The van der Waals surface area contributed by atoms with Crippen LogP contribution in [0.25, 0.3) is 11.1 Å². The number of fused-ring (bicyclic) bond motifs is 3. The van der Waals surface area contributed by atoms with E-state index in [0.717, 1.165) is 11.1 Å². The van der Waals surface area contributed by atoms with E-state index in [-0.39, 0.29) is 30.9 Å². The molecule has 7 nitrogen and oxygen atoms in total. The summed E-state index contributed by atoms with van der Waals surface area (Å²) in [6.07, 6.45) is 1.25. The highest BCUT2D eigenvalue weighted by Gasteiger charge is 2.31. The molecular formula is C25H28N2O5. The van der Waals surface area contributed by atoms with E-state index in [1.54, 1.807) is 6.92 Å². The molecule has 2 aliphatic rings. The molecule has 0 aromatic heterocycles. The minimum atomic E-state index is -0.813. The molecule has 168 valence electrons. The number of amides is 2. The molecule has 2 aliphatic carbocycles. The van der Waals surface area contributed by atoms with Gasteiger partial charge in [-0.1, -0.05) is 48.5 Å². The van der Waals surface area contributed by atoms with Crippen molar-refractivity contribution < 1.29 is 24.2 Å². The fraction of sp³-hybridized carbons (Fsp3) is 0.400. The first-order valence-electron chi connectivity index (χ1n) is 11.1. The number of benzene rings is 2. The Kier molecular flexibility index (Phi) is 6.44. The Hall–Kier alpha value is -3.35. The Morgan fingerprint density at radius 1 is 1.03 bits per heavy atom. The molecule has 0 aliphatic heterocycles. The van der Waals surface area contributed by atoms with E-state index in [1.807, 2.05) is 24.3 Å². The van der Waals surface area contributed by atoms with Gasteiger partial charge < -0.3 is 20.5 Å². The molecule has 0 saturated heterocycles. The molecule has 0 unspecified atom stereocenters. The van der Waals surface area contributed by atoms with E-state index >= 15 is 0 Å². The third kappa shape index (κ3) is 4.77. The molecule has 1 fully saturated rings. The van der Waals surface area contributed by atoms with Gasteiger partial charge in [-0.2, -0.15) is 0 Å². The Morgan fingerprint density at radius 2 is 1.66 bits per heavy atom. The van der Waals surface area contributed by atoms with Crippen LogP contribution in [0.15, 0.2) is 48.5 Å². The molecule has 3 atom stereocenters. The first-order chi connectivity index (χ1) is 15.4. The third-order valence-electron chi connectivity index (χ3n) is 6.35. The summed E-state index contributed by atoms with van der Waals surface area (Å²) >= 11 is 0. The number of hydrogen-bond donors (Lipinski definition) is 3. The van der Waals surface area contributed by atoms with Gasteiger partial charge in [-0.25, -0.2) is 4.79 Å². The number of ether oxygens (including phenoxy) is 1. The van der Waals surface area contributed by atoms with Crippen molar-refractivity contribution in [3.63, 3.8) is 0 Å². The van der Waals surface area contributed by atoms with Crippen LogP contribution in [0.4, 0.5) is 4.79 Å². The van der Waals surface area contributed by atoms with Gasteiger partial charge in [0.25, 0.3) is 0 Å². The summed E-state index contributed by atoms with van der Waals surface area (Å²) < 4.78 is 5.52. The van der Waals surface area contributed by atoms with E-state index in [9.17, 15) is 14.4 Å². The van der Waals surface area contributed by atoms with Crippen molar-refractivity contribution in [2.75, 3.05) is 6.61 Å². The lowest BCUT2D eigenvalue weighted by Crippen LogP contribution is -2.40. The topological polar surface area (TPSA) is 105 Å². The number of aliphatic carboxylic acids is 1. The van der Waals surface area contributed by atoms with Gasteiger partial charge in [-0.3, -0.25) is 9.59 Å². The van der Waals surface area contributed by atoms with Crippen LogP contribution in [-0.4, -0.2) is 41.8 Å². The molecule has 32 heavy (non-hydrogen) atoms. The summed E-state index contributed by atoms with van der Waals surface area (Å²) in [6.45, 7) is 1.97. The second-order valence-corrected chi connectivity index (χ2v) is 8.69. The summed E-state index contributed by atoms with van der Waals surface area (Å²) in [5.41, 5.74) is 4.62. The maximum Gasteiger partial charge on any atom is 0.407 e. The van der Waals surface area contributed by atoms with Gasteiger partial charge in [-0.05, 0) is 48.4 Å². The van der Waals surface area contributed by atoms with Crippen molar-refractivity contribution in [1.82, 2.24) is 10.6 Å². The van der Waals surface area contributed by atoms with Gasteiger partial charge in [0, 0.05) is 24.4 Å².